The molecule has 4 nitrogen and oxygen atoms in total. The number of nitrogens with one attached hydrogen (secondary N) is 1. The molecule has 0 fully saturated rings. The number of alkyl halides is 1. The molecule has 6 heteroatoms. The molecule has 1 unspecified atom stereocenters. The number of ether oxygens (including phenoxy) is 2. The van der Waals surface area contributed by atoms with Crippen molar-refractivity contribution in [3.63, 3.8) is 0 Å². The van der Waals surface area contributed by atoms with Gasteiger partial charge in [0, 0.05) is 18.0 Å². The van der Waals surface area contributed by atoms with Gasteiger partial charge in [0.2, 0.25) is 0 Å². The number of hydrogen-bond donors (Lipinski definition) is 1. The summed E-state index contributed by atoms with van der Waals surface area (Å²) in [6, 6.07) is 6.64. The third kappa shape index (κ3) is 5.58. The van der Waals surface area contributed by atoms with E-state index in [9.17, 15) is 4.79 Å². The van der Waals surface area contributed by atoms with E-state index in [0.29, 0.717) is 17.4 Å². The Morgan fingerprint density at radius 2 is 2.28 bits per heavy atom. The Bertz CT molecular complexity index is 387. The molecule has 0 aromatic heterocycles. The molecule has 0 saturated carbocycles. The molecule has 0 heterocycles. The van der Waals surface area contributed by atoms with Crippen LogP contribution in [-0.4, -0.2) is 38.2 Å². The summed E-state index contributed by atoms with van der Waals surface area (Å²) in [6.07, 6.45) is 0. The van der Waals surface area contributed by atoms with Crippen LogP contribution in [0, 0.1) is 0 Å². The fraction of sp³-hybridized carbons (Fsp3) is 0.417. The van der Waals surface area contributed by atoms with Crippen molar-refractivity contribution in [1.82, 2.24) is 5.32 Å². The molecule has 0 radical (unpaired) electrons. The highest BCUT2D eigenvalue weighted by Gasteiger charge is 2.11. The van der Waals surface area contributed by atoms with Crippen molar-refractivity contribution < 1.29 is 14.3 Å². The van der Waals surface area contributed by atoms with Crippen LogP contribution in [0.4, 0.5) is 0 Å². The summed E-state index contributed by atoms with van der Waals surface area (Å²) in [6.45, 7) is 0.282. The maximum Gasteiger partial charge on any atom is 0.258 e. The molecular formula is C12H15Cl2NO3. The van der Waals surface area contributed by atoms with E-state index < -0.39 is 0 Å². The van der Waals surface area contributed by atoms with E-state index in [1.165, 1.54) is 0 Å². The molecule has 0 saturated heterocycles. The van der Waals surface area contributed by atoms with Gasteiger partial charge < -0.3 is 14.8 Å². The fourth-order valence-corrected chi connectivity index (χ4v) is 1.65. The highest BCUT2D eigenvalue weighted by molar-refractivity contribution is 6.30. The van der Waals surface area contributed by atoms with Crippen molar-refractivity contribution in [3.8, 4) is 5.75 Å². The summed E-state index contributed by atoms with van der Waals surface area (Å²) in [4.78, 5) is 11.6. The minimum Gasteiger partial charge on any atom is -0.484 e. The maximum absolute atomic E-state index is 11.6. The number of benzene rings is 1. The van der Waals surface area contributed by atoms with Gasteiger partial charge in [-0.15, -0.1) is 11.6 Å². The minimum absolute atomic E-state index is 0.0859. The van der Waals surface area contributed by atoms with Crippen LogP contribution in [0.15, 0.2) is 24.3 Å². The van der Waals surface area contributed by atoms with Gasteiger partial charge in [-0.05, 0) is 18.2 Å². The van der Waals surface area contributed by atoms with Crippen molar-refractivity contribution in [1.29, 1.82) is 0 Å². The molecule has 0 spiro atoms. The monoisotopic (exact) mass is 291 g/mol. The van der Waals surface area contributed by atoms with E-state index in [1.54, 1.807) is 31.4 Å². The van der Waals surface area contributed by atoms with Crippen molar-refractivity contribution >= 4 is 29.1 Å². The summed E-state index contributed by atoms with van der Waals surface area (Å²) in [5.74, 6) is 0.584. The molecule has 1 rings (SSSR count). The highest BCUT2D eigenvalue weighted by Crippen LogP contribution is 2.16. The Kier molecular flexibility index (Phi) is 6.86. The normalized spacial score (nSPS) is 11.9. The highest BCUT2D eigenvalue weighted by atomic mass is 35.5. The van der Waals surface area contributed by atoms with Gasteiger partial charge in [-0.2, -0.15) is 0 Å². The number of rotatable bonds is 7. The van der Waals surface area contributed by atoms with Gasteiger partial charge in [0.25, 0.3) is 5.91 Å². The van der Waals surface area contributed by atoms with E-state index in [-0.39, 0.29) is 24.4 Å². The number of hydrogen-bond acceptors (Lipinski definition) is 3. The second-order valence-corrected chi connectivity index (χ2v) is 4.37. The predicted molar refractivity (Wildman–Crippen MR) is 71.5 cm³/mol. The van der Waals surface area contributed by atoms with Crippen LogP contribution in [0.5, 0.6) is 5.75 Å². The van der Waals surface area contributed by atoms with Crippen LogP contribution >= 0.6 is 23.2 Å². The molecule has 1 aromatic rings. The molecule has 1 atom stereocenters. The summed E-state index contributed by atoms with van der Waals surface area (Å²) in [7, 11) is 1.55. The lowest BCUT2D eigenvalue weighted by Crippen LogP contribution is -2.41. The molecule has 1 amide bonds. The second kappa shape index (κ2) is 8.19. The van der Waals surface area contributed by atoms with Crippen molar-refractivity contribution in [3.05, 3.63) is 29.3 Å². The summed E-state index contributed by atoms with van der Waals surface area (Å²) in [5.41, 5.74) is 0. The van der Waals surface area contributed by atoms with Gasteiger partial charge in [0.1, 0.15) is 5.75 Å². The largest absolute Gasteiger partial charge is 0.484 e. The topological polar surface area (TPSA) is 47.6 Å². The van der Waals surface area contributed by atoms with E-state index in [2.05, 4.69) is 5.32 Å². The van der Waals surface area contributed by atoms with Gasteiger partial charge in [-0.3, -0.25) is 4.79 Å². The summed E-state index contributed by atoms with van der Waals surface area (Å²) < 4.78 is 10.2. The average molecular weight is 292 g/mol. The Balaban J connectivity index is 2.36. The molecule has 1 N–H and O–H groups in total. The first-order chi connectivity index (χ1) is 8.65. The molecule has 0 aliphatic carbocycles. The lowest BCUT2D eigenvalue weighted by Gasteiger charge is -2.15. The van der Waals surface area contributed by atoms with Crippen molar-refractivity contribution in [2.24, 2.45) is 0 Å². The van der Waals surface area contributed by atoms with Gasteiger partial charge in [-0.1, -0.05) is 17.7 Å². The lowest BCUT2D eigenvalue weighted by molar-refractivity contribution is -0.124. The second-order valence-electron chi connectivity index (χ2n) is 3.62. The Morgan fingerprint density at radius 1 is 1.50 bits per heavy atom. The van der Waals surface area contributed by atoms with Gasteiger partial charge in [-0.25, -0.2) is 0 Å². The Morgan fingerprint density at radius 3 is 2.89 bits per heavy atom. The van der Waals surface area contributed by atoms with Crippen LogP contribution in [0.1, 0.15) is 0 Å². The number of carbonyl (C=O) groups is 1. The minimum atomic E-state index is -0.252. The zero-order valence-corrected chi connectivity index (χ0v) is 11.5. The average Bonchev–Trinajstić information content (AvgIpc) is 2.36. The number of amides is 1. The molecule has 100 valence electrons. The fourth-order valence-electron chi connectivity index (χ4n) is 1.30. The van der Waals surface area contributed by atoms with E-state index in [1.807, 2.05) is 0 Å². The summed E-state index contributed by atoms with van der Waals surface area (Å²) >= 11 is 11.5. The lowest BCUT2D eigenvalue weighted by atomic mass is 10.3. The van der Waals surface area contributed by atoms with E-state index >= 15 is 0 Å². The number of carbonyl (C=O) groups excluding carboxylic acids is 1. The third-order valence-corrected chi connectivity index (χ3v) is 2.69. The third-order valence-electron chi connectivity index (χ3n) is 2.09. The quantitative estimate of drug-likeness (QED) is 0.783. The Labute approximate surface area is 116 Å². The van der Waals surface area contributed by atoms with Crippen molar-refractivity contribution in [2.75, 3.05) is 26.2 Å². The van der Waals surface area contributed by atoms with E-state index in [4.69, 9.17) is 32.7 Å². The molecule has 18 heavy (non-hydrogen) atoms. The molecule has 0 aliphatic rings. The van der Waals surface area contributed by atoms with Crippen molar-refractivity contribution in [2.45, 2.75) is 6.04 Å². The Hall–Kier alpha value is -0.970. The number of methoxy groups -OCH3 is 1. The smallest absolute Gasteiger partial charge is 0.258 e. The van der Waals surface area contributed by atoms with Gasteiger partial charge >= 0.3 is 0 Å². The molecule has 1 aromatic carbocycles. The van der Waals surface area contributed by atoms with Gasteiger partial charge in [0.05, 0.1) is 12.6 Å². The SMILES string of the molecule is COCC(CCl)NC(=O)COc1cccc(Cl)c1. The van der Waals surface area contributed by atoms with Crippen LogP contribution in [0.3, 0.4) is 0 Å². The first kappa shape index (κ1) is 15.1. The maximum atomic E-state index is 11.6. The first-order valence-electron chi connectivity index (χ1n) is 5.38. The van der Waals surface area contributed by atoms with Crippen LogP contribution in [0.2, 0.25) is 5.02 Å². The first-order valence-corrected chi connectivity index (χ1v) is 6.29. The molecule has 0 aliphatic heterocycles. The summed E-state index contributed by atoms with van der Waals surface area (Å²) in [5, 5.41) is 3.26. The zero-order chi connectivity index (χ0) is 13.4. The van der Waals surface area contributed by atoms with Gasteiger partial charge in [0.15, 0.2) is 6.61 Å². The van der Waals surface area contributed by atoms with Crippen LogP contribution in [-0.2, 0) is 9.53 Å². The van der Waals surface area contributed by atoms with Crippen LogP contribution < -0.4 is 10.1 Å². The zero-order valence-electron chi connectivity index (χ0n) is 9.99. The number of halogens is 2. The van der Waals surface area contributed by atoms with Crippen LogP contribution in [0.25, 0.3) is 0 Å². The predicted octanol–water partition coefficient (Wildman–Crippen LogP) is 2.09. The molecular weight excluding hydrogens is 277 g/mol. The standard InChI is InChI=1S/C12H15Cl2NO3/c1-17-7-10(6-13)15-12(16)8-18-11-4-2-3-9(14)5-11/h2-5,10H,6-8H2,1H3,(H,15,16). The van der Waals surface area contributed by atoms with E-state index in [0.717, 1.165) is 0 Å². The molecule has 0 bridgehead atoms.